The summed E-state index contributed by atoms with van der Waals surface area (Å²) in [5.41, 5.74) is 0.584. The highest BCUT2D eigenvalue weighted by Crippen LogP contribution is 2.19. The Kier molecular flexibility index (Phi) is 5.02. The van der Waals surface area contributed by atoms with E-state index in [2.05, 4.69) is 0 Å². The molecule has 6 heteroatoms. The van der Waals surface area contributed by atoms with Crippen molar-refractivity contribution < 1.29 is 35.1 Å². The molecule has 0 bridgehead atoms. The van der Waals surface area contributed by atoms with E-state index in [0.717, 1.165) is 4.57 Å². The number of aromatic nitrogens is 2. The molecule has 0 aliphatic carbocycles. The second kappa shape index (κ2) is 5.99. The quantitative estimate of drug-likeness (QED) is 0.715. The van der Waals surface area contributed by atoms with E-state index < -0.39 is 12.0 Å². The van der Waals surface area contributed by atoms with E-state index >= 15 is 0 Å². The Morgan fingerprint density at radius 3 is 2.45 bits per heavy atom. The van der Waals surface area contributed by atoms with E-state index in [1.807, 2.05) is 20.8 Å². The number of nitrogens with zero attached hydrogens (tertiary/aromatic N) is 2. The highest BCUT2D eigenvalue weighted by atomic mass is 79.9. The van der Waals surface area contributed by atoms with E-state index in [9.17, 15) is 13.6 Å². The van der Waals surface area contributed by atoms with Gasteiger partial charge in [0.2, 0.25) is 6.33 Å². The maximum Gasteiger partial charge on any atom is 0.387 e. The summed E-state index contributed by atoms with van der Waals surface area (Å²) in [7, 11) is 0. The van der Waals surface area contributed by atoms with Crippen molar-refractivity contribution in [2.45, 2.75) is 33.9 Å². The number of fused-ring (bicyclic) bond motifs is 1. The molecule has 3 nitrogen and oxygen atoms in total. The number of ketones is 1. The SMILES string of the molecule is CC(C)(C)C(=O)C[n+]1cn(C(F)F)c2ccccc21.[Br-]. The number of benzene rings is 1. The average Bonchev–Trinajstić information content (AvgIpc) is 2.67. The maximum atomic E-state index is 12.9. The Bertz CT molecular complexity index is 617. The van der Waals surface area contributed by atoms with E-state index in [0.29, 0.717) is 11.0 Å². The zero-order chi connectivity index (χ0) is 14.2. The molecular weight excluding hydrogens is 330 g/mol. The van der Waals surface area contributed by atoms with Crippen LogP contribution in [0.4, 0.5) is 8.78 Å². The normalized spacial score (nSPS) is 11.7. The molecule has 0 unspecified atom stereocenters. The van der Waals surface area contributed by atoms with Crippen molar-refractivity contribution in [1.82, 2.24) is 4.57 Å². The van der Waals surface area contributed by atoms with Crippen molar-refractivity contribution >= 4 is 16.8 Å². The first-order chi connectivity index (χ1) is 8.80. The summed E-state index contributed by atoms with van der Waals surface area (Å²) in [4.78, 5) is 12.0. The van der Waals surface area contributed by atoms with Crippen LogP contribution in [0.2, 0.25) is 0 Å². The molecule has 1 aromatic carbocycles. The van der Waals surface area contributed by atoms with Gasteiger partial charge in [-0.1, -0.05) is 32.9 Å². The van der Waals surface area contributed by atoms with Crippen LogP contribution in [0.5, 0.6) is 0 Å². The van der Waals surface area contributed by atoms with Crippen LogP contribution in [0.15, 0.2) is 30.6 Å². The van der Waals surface area contributed by atoms with Gasteiger partial charge in [0.1, 0.15) is 6.54 Å². The third-order valence-corrected chi connectivity index (χ3v) is 3.09. The lowest BCUT2D eigenvalue weighted by Gasteiger charge is -2.14. The van der Waals surface area contributed by atoms with Gasteiger partial charge in [0.25, 0.3) is 0 Å². The second-order valence-electron chi connectivity index (χ2n) is 5.59. The number of rotatable bonds is 3. The highest BCUT2D eigenvalue weighted by Gasteiger charge is 2.27. The molecule has 0 aliphatic heterocycles. The lowest BCUT2D eigenvalue weighted by Crippen LogP contribution is -3.00. The summed E-state index contributed by atoms with van der Waals surface area (Å²) < 4.78 is 28.4. The minimum absolute atomic E-state index is 0. The lowest BCUT2D eigenvalue weighted by molar-refractivity contribution is -0.660. The van der Waals surface area contributed by atoms with Crippen molar-refractivity contribution in [3.63, 3.8) is 0 Å². The van der Waals surface area contributed by atoms with Gasteiger partial charge < -0.3 is 17.0 Å². The molecule has 0 saturated carbocycles. The molecular formula is C14H17BrF2N2O. The van der Waals surface area contributed by atoms with Crippen molar-refractivity contribution in [1.29, 1.82) is 0 Å². The van der Waals surface area contributed by atoms with Crippen LogP contribution in [0.3, 0.4) is 0 Å². The number of imidazole rings is 1. The Morgan fingerprint density at radius 2 is 1.90 bits per heavy atom. The largest absolute Gasteiger partial charge is 1.00 e. The highest BCUT2D eigenvalue weighted by molar-refractivity contribution is 5.83. The van der Waals surface area contributed by atoms with Crippen LogP contribution in [0.1, 0.15) is 27.3 Å². The standard InChI is InChI=1S/C14H17F2N2O.BrH/c1-14(2,3)12(19)8-17-9-18(13(15)16)11-7-5-4-6-10(11)17;/h4-7,9,13H,8H2,1-3H3;1H/q+1;/p-1. The third-order valence-electron chi connectivity index (χ3n) is 3.09. The first kappa shape index (κ1) is 16.8. The number of alkyl halides is 2. The van der Waals surface area contributed by atoms with Gasteiger partial charge in [0, 0.05) is 5.41 Å². The van der Waals surface area contributed by atoms with Gasteiger partial charge in [-0.25, -0.2) is 4.57 Å². The molecule has 0 aliphatic rings. The Labute approximate surface area is 127 Å². The first-order valence-electron chi connectivity index (χ1n) is 6.11. The van der Waals surface area contributed by atoms with E-state index in [-0.39, 0.29) is 29.3 Å². The molecule has 0 spiro atoms. The van der Waals surface area contributed by atoms with Crippen LogP contribution in [-0.4, -0.2) is 10.4 Å². The van der Waals surface area contributed by atoms with Gasteiger partial charge in [-0.3, -0.25) is 4.79 Å². The van der Waals surface area contributed by atoms with Crippen LogP contribution in [0, 0.1) is 5.41 Å². The number of para-hydroxylation sites is 2. The summed E-state index contributed by atoms with van der Waals surface area (Å²) in [6.07, 6.45) is 1.30. The number of carbonyl (C=O) groups excluding carboxylic acids is 1. The Hall–Kier alpha value is -1.30. The van der Waals surface area contributed by atoms with Gasteiger partial charge in [0.05, 0.1) is 0 Å². The number of halogens is 3. The third kappa shape index (κ3) is 3.23. The van der Waals surface area contributed by atoms with Gasteiger partial charge in [-0.05, 0) is 12.1 Å². The molecule has 0 saturated heterocycles. The maximum absolute atomic E-state index is 12.9. The van der Waals surface area contributed by atoms with Crippen LogP contribution in [0.25, 0.3) is 11.0 Å². The fraction of sp³-hybridized carbons (Fsp3) is 0.429. The fourth-order valence-corrected chi connectivity index (χ4v) is 1.87. The van der Waals surface area contributed by atoms with Gasteiger partial charge in [-0.2, -0.15) is 13.3 Å². The van der Waals surface area contributed by atoms with Gasteiger partial charge in [0.15, 0.2) is 16.8 Å². The van der Waals surface area contributed by atoms with E-state index in [1.165, 1.54) is 6.33 Å². The minimum atomic E-state index is -2.61. The topological polar surface area (TPSA) is 25.9 Å². The Morgan fingerprint density at radius 1 is 1.30 bits per heavy atom. The van der Waals surface area contributed by atoms with Crippen molar-refractivity contribution in [2.75, 3.05) is 0 Å². The number of hydrogen-bond acceptors (Lipinski definition) is 1. The summed E-state index contributed by atoms with van der Waals surface area (Å²) >= 11 is 0. The molecule has 2 aromatic rings. The van der Waals surface area contributed by atoms with Crippen molar-refractivity contribution in [3.05, 3.63) is 30.6 Å². The molecule has 0 atom stereocenters. The molecule has 0 N–H and O–H groups in total. The predicted molar refractivity (Wildman–Crippen MR) is 67.8 cm³/mol. The molecule has 0 fully saturated rings. The molecule has 2 rings (SSSR count). The number of Topliss-reactive ketones (excluding diaryl/α,β-unsaturated/α-hetero) is 1. The van der Waals surface area contributed by atoms with Gasteiger partial charge >= 0.3 is 6.55 Å². The summed E-state index contributed by atoms with van der Waals surface area (Å²) in [6, 6.07) is 6.84. The molecule has 0 radical (unpaired) electrons. The monoisotopic (exact) mass is 346 g/mol. The zero-order valence-electron chi connectivity index (χ0n) is 11.6. The number of hydrogen-bond donors (Lipinski definition) is 0. The fourth-order valence-electron chi connectivity index (χ4n) is 1.87. The predicted octanol–water partition coefficient (Wildman–Crippen LogP) is -0.0569. The second-order valence-corrected chi connectivity index (χ2v) is 5.59. The molecule has 1 heterocycles. The lowest BCUT2D eigenvalue weighted by atomic mass is 9.91. The van der Waals surface area contributed by atoms with Crippen molar-refractivity contribution in [2.24, 2.45) is 5.41 Å². The van der Waals surface area contributed by atoms with Crippen LogP contribution in [-0.2, 0) is 11.3 Å². The molecule has 20 heavy (non-hydrogen) atoms. The number of carbonyl (C=O) groups is 1. The average molecular weight is 347 g/mol. The summed E-state index contributed by atoms with van der Waals surface area (Å²) in [5.74, 6) is 0.00895. The van der Waals surface area contributed by atoms with Crippen LogP contribution < -0.4 is 21.5 Å². The molecule has 0 amide bonds. The molecule has 1 aromatic heterocycles. The van der Waals surface area contributed by atoms with Crippen LogP contribution >= 0.6 is 0 Å². The van der Waals surface area contributed by atoms with Crippen molar-refractivity contribution in [3.8, 4) is 0 Å². The van der Waals surface area contributed by atoms with Gasteiger partial charge in [-0.15, -0.1) is 0 Å². The van der Waals surface area contributed by atoms with E-state index in [4.69, 9.17) is 0 Å². The Balaban J connectivity index is 0.00000200. The molecule has 110 valence electrons. The first-order valence-corrected chi connectivity index (χ1v) is 6.11. The van der Waals surface area contributed by atoms with E-state index in [1.54, 1.807) is 28.8 Å². The summed E-state index contributed by atoms with van der Waals surface area (Å²) in [5, 5.41) is 0. The summed E-state index contributed by atoms with van der Waals surface area (Å²) in [6.45, 7) is 2.95. The zero-order valence-corrected chi connectivity index (χ0v) is 13.2. The smallest absolute Gasteiger partial charge is 0.387 e. The minimum Gasteiger partial charge on any atom is -1.00 e.